The molecular formula is C17H23NO7S2. The van der Waals surface area contributed by atoms with E-state index in [2.05, 4.69) is 5.32 Å². The van der Waals surface area contributed by atoms with Gasteiger partial charge in [0, 0.05) is 17.9 Å². The summed E-state index contributed by atoms with van der Waals surface area (Å²) in [5.74, 6) is 0.359. The van der Waals surface area contributed by atoms with Crippen molar-refractivity contribution in [3.05, 3.63) is 27.8 Å². The average molecular weight is 418 g/mol. The Morgan fingerprint density at radius 3 is 2.63 bits per heavy atom. The summed E-state index contributed by atoms with van der Waals surface area (Å²) in [6, 6.07) is 0.347. The maximum Gasteiger partial charge on any atom is 0.227 e. The number of aliphatic hydroxyl groups is 1. The second-order valence-electron chi connectivity index (χ2n) is 7.29. The lowest BCUT2D eigenvalue weighted by Crippen LogP contribution is -2.46. The minimum Gasteiger partial charge on any atom is -0.502 e. The van der Waals surface area contributed by atoms with Crippen LogP contribution < -0.4 is 10.7 Å². The van der Waals surface area contributed by atoms with E-state index in [1.54, 1.807) is 18.7 Å². The van der Waals surface area contributed by atoms with Gasteiger partial charge in [-0.1, -0.05) is 0 Å². The summed E-state index contributed by atoms with van der Waals surface area (Å²) in [6.45, 7) is 1.61. The molecule has 2 aliphatic rings. The number of thioether (sulfide) groups is 1. The van der Waals surface area contributed by atoms with E-state index in [4.69, 9.17) is 4.42 Å². The minimum atomic E-state index is -3.38. The molecule has 0 bridgehead atoms. The predicted octanol–water partition coefficient (Wildman–Crippen LogP) is 0.0828. The molecule has 3 rings (SSSR count). The van der Waals surface area contributed by atoms with Gasteiger partial charge in [0.1, 0.15) is 5.76 Å². The molecule has 10 heteroatoms. The molecule has 0 radical (unpaired) electrons. The van der Waals surface area contributed by atoms with Gasteiger partial charge >= 0.3 is 0 Å². The Morgan fingerprint density at radius 1 is 1.37 bits per heavy atom. The molecule has 0 unspecified atom stereocenters. The minimum absolute atomic E-state index is 0.0587. The number of carbonyl (C=O) groups is 1. The van der Waals surface area contributed by atoms with Crippen LogP contribution in [0, 0.1) is 6.92 Å². The Hall–Kier alpha value is -1.52. The van der Waals surface area contributed by atoms with Gasteiger partial charge < -0.3 is 19.9 Å². The quantitative estimate of drug-likeness (QED) is 0.627. The van der Waals surface area contributed by atoms with Crippen molar-refractivity contribution in [2.45, 2.75) is 43.7 Å². The number of aryl methyl sites for hydroxylation is 1. The molecule has 0 aromatic carbocycles. The Labute approximate surface area is 161 Å². The van der Waals surface area contributed by atoms with E-state index in [-0.39, 0.29) is 23.7 Å². The third kappa shape index (κ3) is 4.33. The third-order valence-corrected chi connectivity index (χ3v) is 7.85. The van der Waals surface area contributed by atoms with Gasteiger partial charge in [0.25, 0.3) is 0 Å². The fourth-order valence-corrected chi connectivity index (χ4v) is 6.76. The lowest BCUT2D eigenvalue weighted by atomic mass is 9.75. The van der Waals surface area contributed by atoms with Crippen molar-refractivity contribution in [1.82, 2.24) is 5.32 Å². The van der Waals surface area contributed by atoms with Crippen LogP contribution >= 0.6 is 11.8 Å². The number of hydrogen-bond acceptors (Lipinski definition) is 8. The number of carbonyl (C=O) groups excluding carboxylic acids is 1. The molecule has 150 valence electrons. The van der Waals surface area contributed by atoms with Crippen molar-refractivity contribution in [3.8, 4) is 5.75 Å². The van der Waals surface area contributed by atoms with Crippen molar-refractivity contribution >= 4 is 27.5 Å². The molecule has 2 saturated heterocycles. The Morgan fingerprint density at radius 2 is 2.04 bits per heavy atom. The third-order valence-electron chi connectivity index (χ3n) is 5.15. The SMILES string of the molecule is Cc1cc(=O)c(O)c(C2(CC(=O)N[C@H]3CS(=O)(=O)C[C@H]3O)CCSCC2)o1. The number of nitrogens with one attached hydrogen (secondary N) is 1. The molecule has 3 N–H and O–H groups in total. The Kier molecular flexibility index (Phi) is 5.60. The van der Waals surface area contributed by atoms with Crippen molar-refractivity contribution in [3.63, 3.8) is 0 Å². The summed E-state index contributed by atoms with van der Waals surface area (Å²) < 4.78 is 28.9. The van der Waals surface area contributed by atoms with Gasteiger partial charge in [0.15, 0.2) is 15.6 Å². The zero-order chi connectivity index (χ0) is 19.8. The van der Waals surface area contributed by atoms with E-state index in [1.807, 2.05) is 0 Å². The summed E-state index contributed by atoms with van der Waals surface area (Å²) in [5, 5.41) is 22.8. The lowest BCUT2D eigenvalue weighted by Gasteiger charge is -2.36. The van der Waals surface area contributed by atoms with Gasteiger partial charge in [-0.3, -0.25) is 9.59 Å². The van der Waals surface area contributed by atoms with Crippen molar-refractivity contribution in [2.24, 2.45) is 0 Å². The van der Waals surface area contributed by atoms with Crippen molar-refractivity contribution in [2.75, 3.05) is 23.0 Å². The van der Waals surface area contributed by atoms with Crippen molar-refractivity contribution < 1.29 is 27.8 Å². The summed E-state index contributed by atoms with van der Waals surface area (Å²) in [5.41, 5.74) is -1.39. The second kappa shape index (κ2) is 7.48. The van der Waals surface area contributed by atoms with Gasteiger partial charge in [-0.05, 0) is 31.3 Å². The highest BCUT2D eigenvalue weighted by Gasteiger charge is 2.43. The summed E-state index contributed by atoms with van der Waals surface area (Å²) in [6.07, 6.45) is -0.119. The lowest BCUT2D eigenvalue weighted by molar-refractivity contribution is -0.123. The molecule has 2 aliphatic heterocycles. The van der Waals surface area contributed by atoms with E-state index in [0.29, 0.717) is 18.6 Å². The van der Waals surface area contributed by atoms with Crippen LogP contribution in [0.1, 0.15) is 30.8 Å². The smallest absolute Gasteiger partial charge is 0.227 e. The van der Waals surface area contributed by atoms with Crippen LogP contribution in [0.15, 0.2) is 15.3 Å². The molecule has 27 heavy (non-hydrogen) atoms. The highest BCUT2D eigenvalue weighted by atomic mass is 32.2. The molecule has 3 heterocycles. The number of amides is 1. The summed E-state index contributed by atoms with van der Waals surface area (Å²) in [7, 11) is -3.38. The van der Waals surface area contributed by atoms with E-state index in [1.165, 1.54) is 6.07 Å². The van der Waals surface area contributed by atoms with E-state index in [0.717, 1.165) is 11.5 Å². The molecule has 2 atom stereocenters. The molecule has 0 aliphatic carbocycles. The molecule has 1 aromatic rings. The first-order valence-corrected chi connectivity index (χ1v) is 11.7. The first kappa shape index (κ1) is 20.2. The van der Waals surface area contributed by atoms with Crippen LogP contribution in [-0.4, -0.2) is 59.7 Å². The maximum absolute atomic E-state index is 12.7. The monoisotopic (exact) mass is 417 g/mol. The van der Waals surface area contributed by atoms with Crippen molar-refractivity contribution in [1.29, 1.82) is 0 Å². The molecule has 0 saturated carbocycles. The molecule has 1 aromatic heterocycles. The first-order chi connectivity index (χ1) is 12.6. The molecule has 8 nitrogen and oxygen atoms in total. The number of sulfone groups is 1. The number of rotatable bonds is 4. The van der Waals surface area contributed by atoms with E-state index in [9.17, 15) is 28.2 Å². The van der Waals surface area contributed by atoms with Crippen LogP contribution in [-0.2, 0) is 20.0 Å². The van der Waals surface area contributed by atoms with E-state index < -0.39 is 44.5 Å². The van der Waals surface area contributed by atoms with Gasteiger partial charge in [-0.25, -0.2) is 8.42 Å². The molecular weight excluding hydrogens is 394 g/mol. The van der Waals surface area contributed by atoms with Crippen LogP contribution in [0.5, 0.6) is 5.75 Å². The van der Waals surface area contributed by atoms with Gasteiger partial charge in [-0.2, -0.15) is 11.8 Å². The average Bonchev–Trinajstić information content (AvgIpc) is 2.83. The zero-order valence-corrected chi connectivity index (χ0v) is 16.6. The molecule has 0 spiro atoms. The van der Waals surface area contributed by atoms with Gasteiger partial charge in [-0.15, -0.1) is 0 Å². The van der Waals surface area contributed by atoms with Crippen LogP contribution in [0.25, 0.3) is 0 Å². The van der Waals surface area contributed by atoms with Crippen LogP contribution in [0.3, 0.4) is 0 Å². The van der Waals surface area contributed by atoms with E-state index >= 15 is 0 Å². The van der Waals surface area contributed by atoms with Gasteiger partial charge in [0.2, 0.25) is 17.1 Å². The Bertz CT molecular complexity index is 887. The fraction of sp³-hybridized carbons (Fsp3) is 0.647. The number of aliphatic hydroxyl groups excluding tert-OH is 1. The maximum atomic E-state index is 12.7. The standard InChI is InChI=1S/C17H23NO7S2/c1-10-6-12(19)15(22)16(25-10)17(2-4-26-5-3-17)7-14(21)18-11-8-27(23,24)9-13(11)20/h6,11,13,20,22H,2-5,7-9H2,1H3,(H,18,21)/t11-,13+/m0/s1. The number of aromatic hydroxyl groups is 1. The fourth-order valence-electron chi connectivity index (χ4n) is 3.74. The highest BCUT2D eigenvalue weighted by Crippen LogP contribution is 2.44. The number of hydrogen-bond donors (Lipinski definition) is 3. The Balaban J connectivity index is 1.86. The first-order valence-electron chi connectivity index (χ1n) is 8.72. The second-order valence-corrected chi connectivity index (χ2v) is 10.7. The zero-order valence-electron chi connectivity index (χ0n) is 14.9. The highest BCUT2D eigenvalue weighted by molar-refractivity contribution is 7.99. The topological polar surface area (TPSA) is 134 Å². The molecule has 2 fully saturated rings. The van der Waals surface area contributed by atoms with Crippen LogP contribution in [0.4, 0.5) is 0 Å². The molecule has 1 amide bonds. The largest absolute Gasteiger partial charge is 0.502 e. The summed E-state index contributed by atoms with van der Waals surface area (Å²) >= 11 is 1.71. The predicted molar refractivity (Wildman–Crippen MR) is 101 cm³/mol. The normalized spacial score (nSPS) is 26.6. The van der Waals surface area contributed by atoms with Crippen LogP contribution in [0.2, 0.25) is 0 Å². The summed E-state index contributed by atoms with van der Waals surface area (Å²) in [4.78, 5) is 24.7. The van der Waals surface area contributed by atoms with Gasteiger partial charge in [0.05, 0.1) is 23.7 Å².